The molecule has 13 nitrogen and oxygen atoms in total. The van der Waals surface area contributed by atoms with E-state index < -0.39 is 89.7 Å². The van der Waals surface area contributed by atoms with Crippen molar-refractivity contribution >= 4 is 46.3 Å². The first-order chi connectivity index (χ1) is 28.6. The highest BCUT2D eigenvalue weighted by atomic mass is 127. The van der Waals surface area contributed by atoms with Gasteiger partial charge in [-0.1, -0.05) is 88.1 Å². The first kappa shape index (κ1) is 46.4. The Labute approximate surface area is 368 Å². The Morgan fingerprint density at radius 1 is 0.983 bits per heavy atom. The number of carbonyl (C=O) groups is 4. The normalized spacial score (nSPS) is 26.5. The molecule has 1 aliphatic carbocycles. The van der Waals surface area contributed by atoms with E-state index >= 15 is 4.79 Å². The molecule has 6 rings (SSSR count). The van der Waals surface area contributed by atoms with Crippen LogP contribution in [0.3, 0.4) is 0 Å². The van der Waals surface area contributed by atoms with Crippen LogP contribution in [0.2, 0.25) is 0 Å². The van der Waals surface area contributed by atoms with Crippen molar-refractivity contribution in [2.24, 2.45) is 5.41 Å². The van der Waals surface area contributed by atoms with Gasteiger partial charge in [0.15, 0.2) is 11.8 Å². The zero-order valence-electron chi connectivity index (χ0n) is 36.0. The van der Waals surface area contributed by atoms with Crippen LogP contribution in [0.4, 0.5) is 0 Å². The van der Waals surface area contributed by atoms with Gasteiger partial charge < -0.3 is 34.3 Å². The zero-order chi connectivity index (χ0) is 43.2. The van der Waals surface area contributed by atoms with E-state index in [2.05, 4.69) is 41.8 Å². The summed E-state index contributed by atoms with van der Waals surface area (Å²) in [6, 6.07) is 14.2. The van der Waals surface area contributed by atoms with E-state index in [1.807, 2.05) is 54.6 Å². The van der Waals surface area contributed by atoms with Gasteiger partial charge >= 0.3 is 11.9 Å². The number of rotatable bonds is 20. The summed E-state index contributed by atoms with van der Waals surface area (Å²) in [5.74, 6) is -2.89. The number of halogens is 1. The van der Waals surface area contributed by atoms with Crippen molar-refractivity contribution in [3.63, 3.8) is 0 Å². The monoisotopic (exact) mass is 945 g/mol. The van der Waals surface area contributed by atoms with E-state index in [4.69, 9.17) is 23.8 Å². The number of benzene rings is 2. The summed E-state index contributed by atoms with van der Waals surface area (Å²) >= 11 is 2.26. The molecule has 3 heterocycles. The third-order valence-electron chi connectivity index (χ3n) is 12.3. The Hall–Kier alpha value is -3.15. The Morgan fingerprint density at radius 3 is 2.27 bits per heavy atom. The number of unbranched alkanes of at least 4 members (excludes halogenated alkanes) is 4. The molecule has 0 radical (unpaired) electrons. The molecule has 4 aliphatic rings. The van der Waals surface area contributed by atoms with Gasteiger partial charge in [-0.25, -0.2) is 0 Å². The summed E-state index contributed by atoms with van der Waals surface area (Å²) in [6.45, 7) is 9.43. The fourth-order valence-corrected chi connectivity index (χ4v) is 9.93. The average Bonchev–Trinajstić information content (AvgIpc) is 3.77. The number of fused-ring (bicyclic) bond motifs is 4. The molecular weight excluding hydrogens is 881 g/mol. The quantitative estimate of drug-likeness (QED) is 0.0862. The lowest BCUT2D eigenvalue weighted by molar-refractivity contribution is -0.225. The number of ether oxygens (including phenoxy) is 4. The van der Waals surface area contributed by atoms with Gasteiger partial charge in [0.25, 0.3) is 0 Å². The molecule has 0 aromatic heterocycles. The number of nitrogens with zero attached hydrogens (tertiary/aromatic N) is 2. The van der Waals surface area contributed by atoms with Crippen molar-refractivity contribution < 1.29 is 48.1 Å². The standard InChI is InChI=1S/C46H64IN3O10/c1-7-9-16-24-45(25-17-10-8-2)58-37-35-27-46(39(42(54)56-35)50(60-40(46)38(37)59-45)28-31-20-14-15-21-33(31)47)43(55)49(6)34(26-30-18-12-11-13-19-30)41(53)48-32(29-51)22-23-36(52)57-44(3,4)5/h11-15,18-21,32,34-35,37-40,51H,7-10,16-17,22-29H2,1-6H3,(H,48,53)/t32-,34+,35?,37-,38-,39-,40+,46?/m0/s1. The molecule has 1 saturated carbocycles. The molecule has 2 amide bonds. The van der Waals surface area contributed by atoms with E-state index in [9.17, 15) is 19.5 Å². The van der Waals surface area contributed by atoms with Crippen LogP contribution in [0.15, 0.2) is 54.6 Å². The Bertz CT molecular complexity index is 1800. The average molecular weight is 946 g/mol. The molecule has 2 unspecified atom stereocenters. The molecule has 3 aliphatic heterocycles. The largest absolute Gasteiger partial charge is 0.460 e. The predicted octanol–water partition coefficient (Wildman–Crippen LogP) is 6.40. The third-order valence-corrected chi connectivity index (χ3v) is 13.4. The van der Waals surface area contributed by atoms with Crippen molar-refractivity contribution in [2.45, 2.75) is 172 Å². The number of esters is 2. The summed E-state index contributed by atoms with van der Waals surface area (Å²) < 4.78 is 26.7. The maximum absolute atomic E-state index is 15.7. The van der Waals surface area contributed by atoms with E-state index in [0.717, 1.165) is 53.2 Å². The van der Waals surface area contributed by atoms with E-state index in [1.54, 1.807) is 32.9 Å². The first-order valence-electron chi connectivity index (χ1n) is 21.8. The van der Waals surface area contributed by atoms with Crippen molar-refractivity contribution in [1.29, 1.82) is 0 Å². The number of likely N-dealkylation sites (N-methyl/N-ethyl adjacent to an activating group) is 1. The van der Waals surface area contributed by atoms with E-state index in [-0.39, 0.29) is 32.2 Å². The minimum atomic E-state index is -1.50. The second-order valence-electron chi connectivity index (χ2n) is 17.9. The third kappa shape index (κ3) is 10.2. The Balaban J connectivity index is 1.36. The minimum absolute atomic E-state index is 0.0204. The van der Waals surface area contributed by atoms with Crippen molar-refractivity contribution in [2.75, 3.05) is 13.7 Å². The summed E-state index contributed by atoms with van der Waals surface area (Å²) in [5.41, 5.74) is -0.449. The second kappa shape index (κ2) is 19.9. The van der Waals surface area contributed by atoms with Gasteiger partial charge in [0, 0.05) is 42.7 Å². The SMILES string of the molecule is CCCCCC1(CCCCC)O[C@@H]2[C@H]3ON(Cc4ccccc4I)[C@H]4C(=O)OC(CC34C(=O)N(C)[C@H](Cc3ccccc3)C(=O)N[C@H](CO)CCC(=O)OC(C)(C)C)[C@@H]2O1. The molecule has 0 spiro atoms. The summed E-state index contributed by atoms with van der Waals surface area (Å²) in [4.78, 5) is 65.6. The topological polar surface area (TPSA) is 153 Å². The lowest BCUT2D eigenvalue weighted by Crippen LogP contribution is -2.70. The highest BCUT2D eigenvalue weighted by molar-refractivity contribution is 14.1. The molecule has 2 aromatic carbocycles. The molecule has 3 saturated heterocycles. The van der Waals surface area contributed by atoms with Gasteiger partial charge in [0.1, 0.15) is 41.5 Å². The number of nitrogens with one attached hydrogen (secondary N) is 1. The van der Waals surface area contributed by atoms with Crippen LogP contribution in [0.1, 0.15) is 116 Å². The molecule has 60 heavy (non-hydrogen) atoms. The summed E-state index contributed by atoms with van der Waals surface area (Å²) in [7, 11) is 1.59. The number of carbonyl (C=O) groups excluding carboxylic acids is 4. The maximum Gasteiger partial charge on any atom is 0.327 e. The van der Waals surface area contributed by atoms with Crippen LogP contribution >= 0.6 is 22.6 Å². The van der Waals surface area contributed by atoms with Gasteiger partial charge in [0.2, 0.25) is 11.8 Å². The van der Waals surface area contributed by atoms with Crippen LogP contribution in [0, 0.1) is 8.99 Å². The second-order valence-corrected chi connectivity index (χ2v) is 19.1. The molecule has 8 atom stereocenters. The fourth-order valence-electron chi connectivity index (χ4n) is 9.38. The lowest BCUT2D eigenvalue weighted by Gasteiger charge is -2.50. The van der Waals surface area contributed by atoms with E-state index in [1.165, 1.54) is 4.90 Å². The van der Waals surface area contributed by atoms with Crippen LogP contribution < -0.4 is 5.32 Å². The van der Waals surface area contributed by atoms with Gasteiger partial charge in [-0.05, 0) is 79.8 Å². The molecule has 2 bridgehead atoms. The van der Waals surface area contributed by atoms with Crippen molar-refractivity contribution in [3.8, 4) is 0 Å². The maximum atomic E-state index is 15.7. The van der Waals surface area contributed by atoms with Crippen LogP contribution in [0.25, 0.3) is 0 Å². The van der Waals surface area contributed by atoms with Gasteiger partial charge in [0.05, 0.1) is 19.2 Å². The van der Waals surface area contributed by atoms with Crippen LogP contribution in [-0.2, 0) is 55.9 Å². The molecule has 2 N–H and O–H groups in total. The van der Waals surface area contributed by atoms with Gasteiger partial charge in [-0.15, -0.1) is 0 Å². The zero-order valence-corrected chi connectivity index (χ0v) is 38.2. The highest BCUT2D eigenvalue weighted by Crippen LogP contribution is 2.58. The highest BCUT2D eigenvalue weighted by Gasteiger charge is 2.76. The van der Waals surface area contributed by atoms with Crippen molar-refractivity contribution in [3.05, 3.63) is 69.3 Å². The smallest absolute Gasteiger partial charge is 0.327 e. The molecule has 2 aromatic rings. The van der Waals surface area contributed by atoms with Crippen LogP contribution in [-0.4, -0.2) is 106 Å². The van der Waals surface area contributed by atoms with E-state index in [0.29, 0.717) is 12.8 Å². The summed E-state index contributed by atoms with van der Waals surface area (Å²) in [5, 5.41) is 14.9. The minimum Gasteiger partial charge on any atom is -0.460 e. The molecular formula is C46H64IN3O10. The first-order valence-corrected chi connectivity index (χ1v) is 22.9. The Morgan fingerprint density at radius 2 is 1.63 bits per heavy atom. The van der Waals surface area contributed by atoms with Crippen molar-refractivity contribution in [1.82, 2.24) is 15.3 Å². The number of aliphatic hydroxyl groups is 1. The molecule has 4 fully saturated rings. The van der Waals surface area contributed by atoms with Crippen LogP contribution in [0.5, 0.6) is 0 Å². The number of amides is 2. The molecule has 14 heteroatoms. The molecule has 330 valence electrons. The fraction of sp³-hybridized carbons (Fsp3) is 0.652. The Kier molecular flexibility index (Phi) is 15.4. The number of hydroxylamine groups is 2. The number of aliphatic hydroxyl groups excluding tert-OH is 1. The van der Waals surface area contributed by atoms with Gasteiger partial charge in [-0.3, -0.25) is 24.0 Å². The lowest BCUT2D eigenvalue weighted by atomic mass is 9.62. The number of hydrogen-bond donors (Lipinski definition) is 2. The number of hydrogen-bond acceptors (Lipinski definition) is 11. The summed E-state index contributed by atoms with van der Waals surface area (Å²) in [6.07, 6.45) is 4.52. The van der Waals surface area contributed by atoms with Gasteiger partial charge in [-0.2, -0.15) is 5.06 Å². The predicted molar refractivity (Wildman–Crippen MR) is 232 cm³/mol.